The number of ether oxygens (including phenoxy) is 3. The Kier molecular flexibility index (Phi) is 7.60. The number of allylic oxidation sites excluding steroid dienone is 1. The minimum absolute atomic E-state index is 0.0186. The largest absolute Gasteiger partial charge is 0.493 e. The van der Waals surface area contributed by atoms with E-state index in [0.29, 0.717) is 21.9 Å². The average Bonchev–Trinajstić information content (AvgIpc) is 3.46. The summed E-state index contributed by atoms with van der Waals surface area (Å²) in [6.45, 7) is 1.90. The van der Waals surface area contributed by atoms with Crippen LogP contribution in [-0.4, -0.2) is 47.3 Å². The van der Waals surface area contributed by atoms with Gasteiger partial charge >= 0.3 is 5.69 Å². The molecular weight excluding hydrogens is 528 g/mol. The predicted molar refractivity (Wildman–Crippen MR) is 143 cm³/mol. The Bertz CT molecular complexity index is 1720. The van der Waals surface area contributed by atoms with Crippen LogP contribution < -0.4 is 14.2 Å². The molecule has 13 nitrogen and oxygen atoms in total. The normalized spacial score (nSPS) is 10.9. The van der Waals surface area contributed by atoms with E-state index in [0.717, 1.165) is 4.88 Å². The first-order valence-corrected chi connectivity index (χ1v) is 11.9. The Labute approximate surface area is 224 Å². The van der Waals surface area contributed by atoms with Crippen LogP contribution in [0.4, 0.5) is 5.69 Å². The van der Waals surface area contributed by atoms with Crippen LogP contribution in [-0.2, 0) is 0 Å². The van der Waals surface area contributed by atoms with Gasteiger partial charge < -0.3 is 14.2 Å². The van der Waals surface area contributed by atoms with Gasteiger partial charge in [0.15, 0.2) is 28.0 Å². The number of thiazole rings is 1. The molecule has 1 amide bonds. The van der Waals surface area contributed by atoms with E-state index in [-0.39, 0.29) is 34.1 Å². The van der Waals surface area contributed by atoms with Gasteiger partial charge in [-0.15, -0.1) is 11.3 Å². The van der Waals surface area contributed by atoms with Crippen LogP contribution >= 0.6 is 11.3 Å². The molecule has 0 bridgehead atoms. The number of nitrogens with zero attached hydrogens (tertiary/aromatic N) is 6. The summed E-state index contributed by atoms with van der Waals surface area (Å²) < 4.78 is 17.4. The second-order valence-electron chi connectivity index (χ2n) is 7.94. The third-order valence-electron chi connectivity index (χ3n) is 5.65. The topological polar surface area (TPSA) is 171 Å². The average molecular weight is 549 g/mol. The van der Waals surface area contributed by atoms with Crippen molar-refractivity contribution in [2.24, 2.45) is 5.11 Å². The minimum Gasteiger partial charge on any atom is -0.493 e. The van der Waals surface area contributed by atoms with E-state index in [4.69, 9.17) is 19.7 Å². The molecule has 0 fully saturated rings. The molecular formula is C25H20N6O7S. The molecule has 4 aromatic rings. The molecule has 198 valence electrons. The Morgan fingerprint density at radius 2 is 1.90 bits per heavy atom. The van der Waals surface area contributed by atoms with Crippen molar-refractivity contribution in [3.05, 3.63) is 84.9 Å². The van der Waals surface area contributed by atoms with Gasteiger partial charge in [0.25, 0.3) is 5.91 Å². The maximum atomic E-state index is 13.2. The van der Waals surface area contributed by atoms with E-state index in [1.165, 1.54) is 69.1 Å². The summed E-state index contributed by atoms with van der Waals surface area (Å²) in [6, 6.07) is 7.13. The lowest BCUT2D eigenvalue weighted by molar-refractivity contribution is -0.385. The summed E-state index contributed by atoms with van der Waals surface area (Å²) in [5.41, 5.74) is 9.77. The molecule has 0 radical (unpaired) electrons. The van der Waals surface area contributed by atoms with Crippen molar-refractivity contribution in [2.45, 2.75) is 6.92 Å². The maximum absolute atomic E-state index is 13.2. The maximum Gasteiger partial charge on any atom is 0.311 e. The lowest BCUT2D eigenvalue weighted by Crippen LogP contribution is -2.05. The van der Waals surface area contributed by atoms with Crippen LogP contribution in [0.25, 0.3) is 32.7 Å². The first-order chi connectivity index (χ1) is 18.7. The van der Waals surface area contributed by atoms with Crippen molar-refractivity contribution in [3.8, 4) is 28.5 Å². The molecule has 0 N–H and O–H groups in total. The number of rotatable bonds is 9. The van der Waals surface area contributed by atoms with Gasteiger partial charge in [0, 0.05) is 33.2 Å². The molecule has 0 atom stereocenters. The standard InChI is InChI=1S/C25H20N6O7S/c1-13-12-30-17(22(27-25(30)39-13)14-5-8-20(36-2)18(10-14)31(34)35)6-7-19(32)15-9-16(24(33)28-29-26)23(38-4)21(11-15)37-3/h5-12H,1-4H3/b7-6+. The van der Waals surface area contributed by atoms with Gasteiger partial charge in [-0.3, -0.25) is 24.1 Å². The number of amides is 1. The second-order valence-corrected chi connectivity index (χ2v) is 9.15. The molecule has 0 aliphatic carbocycles. The number of aromatic nitrogens is 2. The van der Waals surface area contributed by atoms with Crippen LogP contribution in [0.2, 0.25) is 0 Å². The van der Waals surface area contributed by atoms with Crippen molar-refractivity contribution < 1.29 is 28.7 Å². The number of aryl methyl sites for hydroxylation is 1. The number of hydrogen-bond donors (Lipinski definition) is 0. The number of azide groups is 1. The van der Waals surface area contributed by atoms with Gasteiger partial charge in [0.1, 0.15) is 0 Å². The zero-order valence-electron chi connectivity index (χ0n) is 21.1. The first kappa shape index (κ1) is 26.9. The van der Waals surface area contributed by atoms with Crippen LogP contribution in [0, 0.1) is 17.0 Å². The van der Waals surface area contributed by atoms with E-state index >= 15 is 0 Å². The summed E-state index contributed by atoms with van der Waals surface area (Å²) in [5.74, 6) is -1.22. The fraction of sp³-hybridized carbons (Fsp3) is 0.160. The highest BCUT2D eigenvalue weighted by molar-refractivity contribution is 7.17. The Morgan fingerprint density at radius 3 is 2.54 bits per heavy atom. The lowest BCUT2D eigenvalue weighted by atomic mass is 10.0. The summed E-state index contributed by atoms with van der Waals surface area (Å²) >= 11 is 1.42. The zero-order chi connectivity index (χ0) is 28.3. The highest BCUT2D eigenvalue weighted by Gasteiger charge is 2.22. The van der Waals surface area contributed by atoms with Crippen LogP contribution in [0.5, 0.6) is 17.2 Å². The molecule has 0 saturated heterocycles. The molecule has 2 aromatic carbocycles. The van der Waals surface area contributed by atoms with E-state index in [2.05, 4.69) is 15.0 Å². The molecule has 14 heteroatoms. The fourth-order valence-corrected chi connectivity index (χ4v) is 4.77. The van der Waals surface area contributed by atoms with Crippen molar-refractivity contribution in [2.75, 3.05) is 21.3 Å². The molecule has 0 aliphatic rings. The number of carbonyl (C=O) groups is 2. The molecule has 0 unspecified atom stereocenters. The van der Waals surface area contributed by atoms with Gasteiger partial charge in [0.05, 0.1) is 43.2 Å². The summed E-state index contributed by atoms with van der Waals surface area (Å²) in [5, 5.41) is 14.7. The van der Waals surface area contributed by atoms with Crippen molar-refractivity contribution in [1.29, 1.82) is 0 Å². The van der Waals surface area contributed by atoms with Gasteiger partial charge in [-0.25, -0.2) is 4.98 Å². The van der Waals surface area contributed by atoms with Crippen LogP contribution in [0.3, 0.4) is 0 Å². The summed E-state index contributed by atoms with van der Waals surface area (Å²) in [4.78, 5) is 45.3. The number of carbonyl (C=O) groups excluding carboxylic acids is 2. The Morgan fingerprint density at radius 1 is 1.15 bits per heavy atom. The number of ketones is 1. The third kappa shape index (κ3) is 5.14. The second kappa shape index (κ2) is 11.0. The van der Waals surface area contributed by atoms with E-state index < -0.39 is 16.6 Å². The third-order valence-corrected chi connectivity index (χ3v) is 6.55. The number of benzene rings is 2. The molecule has 2 heterocycles. The van der Waals surface area contributed by atoms with Gasteiger partial charge in [-0.2, -0.15) is 0 Å². The van der Waals surface area contributed by atoms with Gasteiger partial charge in [-0.05, 0) is 54.0 Å². The number of methoxy groups -OCH3 is 3. The molecule has 0 spiro atoms. The van der Waals surface area contributed by atoms with Crippen molar-refractivity contribution in [1.82, 2.24) is 9.38 Å². The molecule has 2 aromatic heterocycles. The van der Waals surface area contributed by atoms with Crippen LogP contribution in [0.1, 0.15) is 31.3 Å². The Hall–Kier alpha value is -5.20. The quantitative estimate of drug-likeness (QED) is 0.0491. The van der Waals surface area contributed by atoms with E-state index in [1.807, 2.05) is 13.1 Å². The highest BCUT2D eigenvalue weighted by atomic mass is 32.1. The lowest BCUT2D eigenvalue weighted by Gasteiger charge is -2.12. The number of nitro groups is 1. The monoisotopic (exact) mass is 548 g/mol. The van der Waals surface area contributed by atoms with Gasteiger partial charge in [-0.1, -0.05) is 0 Å². The zero-order valence-corrected chi connectivity index (χ0v) is 21.9. The number of nitro benzene ring substituents is 1. The smallest absolute Gasteiger partial charge is 0.311 e. The van der Waals surface area contributed by atoms with Crippen molar-refractivity contribution in [3.63, 3.8) is 0 Å². The van der Waals surface area contributed by atoms with E-state index in [1.54, 1.807) is 10.5 Å². The molecule has 39 heavy (non-hydrogen) atoms. The summed E-state index contributed by atoms with van der Waals surface area (Å²) in [7, 11) is 3.99. The van der Waals surface area contributed by atoms with Crippen LogP contribution in [0.15, 0.2) is 47.7 Å². The predicted octanol–water partition coefficient (Wildman–Crippen LogP) is 5.65. The SMILES string of the molecule is COc1ccc(-c2nc3sc(C)cn3c2/C=C/C(=O)c2cc(OC)c(OC)c(C(=O)N=[N+]=[N-])c2)cc1[N+](=O)[O-]. The fourth-order valence-electron chi connectivity index (χ4n) is 3.94. The summed E-state index contributed by atoms with van der Waals surface area (Å²) in [6.07, 6.45) is 4.65. The Balaban J connectivity index is 1.82. The number of hydrogen-bond acceptors (Lipinski definition) is 9. The van der Waals surface area contributed by atoms with Gasteiger partial charge in [0.2, 0.25) is 0 Å². The highest BCUT2D eigenvalue weighted by Crippen LogP contribution is 2.36. The number of fused-ring (bicyclic) bond motifs is 1. The van der Waals surface area contributed by atoms with Crippen molar-refractivity contribution >= 4 is 39.8 Å². The van der Waals surface area contributed by atoms with E-state index in [9.17, 15) is 19.7 Å². The minimum atomic E-state index is -0.944. The first-order valence-electron chi connectivity index (χ1n) is 11.1. The molecule has 0 aliphatic heterocycles. The number of imidazole rings is 1. The molecule has 4 rings (SSSR count). The molecule has 0 saturated carbocycles.